The number of amides is 2. The third kappa shape index (κ3) is 4.69. The van der Waals surface area contributed by atoms with Gasteiger partial charge in [0.1, 0.15) is 11.9 Å². The number of H-pyrrole nitrogens is 1. The van der Waals surface area contributed by atoms with Gasteiger partial charge in [-0.2, -0.15) is 0 Å². The van der Waals surface area contributed by atoms with Crippen LogP contribution in [0, 0.1) is 0 Å². The average molecular weight is 461 g/mol. The molecule has 1 saturated heterocycles. The molecule has 1 aliphatic heterocycles. The summed E-state index contributed by atoms with van der Waals surface area (Å²) in [5.74, 6) is 0.295. The van der Waals surface area contributed by atoms with E-state index >= 15 is 0 Å². The zero-order valence-electron chi connectivity index (χ0n) is 17.0. The lowest BCUT2D eigenvalue weighted by Crippen LogP contribution is -2.35. The van der Waals surface area contributed by atoms with Crippen molar-refractivity contribution in [2.45, 2.75) is 25.3 Å². The normalized spacial score (nSPS) is 15.3. The number of hydrogen-bond donors (Lipinski definition) is 2. The second-order valence-corrected chi connectivity index (χ2v) is 8.28. The molecular formula is C22H22Cl2N4O3. The number of carbonyl (C=O) groups excluding carboxylic acids is 2. The molecule has 1 aliphatic rings. The molecule has 9 heteroatoms. The van der Waals surface area contributed by atoms with Crippen LogP contribution in [0.3, 0.4) is 0 Å². The summed E-state index contributed by atoms with van der Waals surface area (Å²) in [6, 6.07) is 9.82. The molecule has 7 nitrogen and oxygen atoms in total. The van der Waals surface area contributed by atoms with Crippen LogP contribution in [-0.2, 0) is 9.53 Å². The van der Waals surface area contributed by atoms with E-state index in [9.17, 15) is 9.59 Å². The molecule has 0 bridgehead atoms. The molecule has 3 aromatic rings. The summed E-state index contributed by atoms with van der Waals surface area (Å²) in [6.45, 7) is 0.865. The van der Waals surface area contributed by atoms with E-state index in [4.69, 9.17) is 27.9 Å². The molecule has 0 radical (unpaired) electrons. The van der Waals surface area contributed by atoms with Crippen LogP contribution in [0.1, 0.15) is 41.5 Å². The van der Waals surface area contributed by atoms with Gasteiger partial charge >= 0.3 is 0 Å². The number of fused-ring (bicyclic) bond motifs is 1. The van der Waals surface area contributed by atoms with Crippen molar-refractivity contribution in [3.63, 3.8) is 0 Å². The number of benzene rings is 2. The van der Waals surface area contributed by atoms with Crippen molar-refractivity contribution in [1.82, 2.24) is 15.3 Å². The number of rotatable bonds is 6. The van der Waals surface area contributed by atoms with Gasteiger partial charge in [0, 0.05) is 30.7 Å². The highest BCUT2D eigenvalue weighted by Crippen LogP contribution is 2.30. The molecule has 2 aromatic carbocycles. The molecule has 1 unspecified atom stereocenters. The van der Waals surface area contributed by atoms with Gasteiger partial charge in [-0.25, -0.2) is 4.98 Å². The van der Waals surface area contributed by atoms with Crippen LogP contribution in [0.25, 0.3) is 11.0 Å². The Morgan fingerprint density at radius 2 is 2.10 bits per heavy atom. The fraction of sp³-hybridized carbons (Fsp3) is 0.318. The first-order chi connectivity index (χ1) is 15.0. The Morgan fingerprint density at radius 3 is 2.84 bits per heavy atom. The standard InChI is InChI=1S/C22H22Cl2N4O3/c1-31-12-18(21-25-16-7-6-14(23)11-17(16)26-21)27-22(30)13-5-8-19(15(24)10-13)28-9-3-2-4-20(28)29/h5-8,10-11,18H,2-4,9,12H2,1H3,(H,25,26)(H,27,30). The highest BCUT2D eigenvalue weighted by Gasteiger charge is 2.24. The van der Waals surface area contributed by atoms with Crippen LogP contribution in [0.2, 0.25) is 10.0 Å². The SMILES string of the molecule is COCC(NC(=O)c1ccc(N2CCCCC2=O)c(Cl)c1)c1nc2ccc(Cl)cc2[nH]1. The number of nitrogens with zero attached hydrogens (tertiary/aromatic N) is 2. The van der Waals surface area contributed by atoms with Crippen LogP contribution in [0.4, 0.5) is 5.69 Å². The number of nitrogens with one attached hydrogen (secondary N) is 2. The van der Waals surface area contributed by atoms with E-state index in [1.165, 1.54) is 0 Å². The quantitative estimate of drug-likeness (QED) is 0.566. The van der Waals surface area contributed by atoms with Gasteiger partial charge in [0.25, 0.3) is 5.91 Å². The maximum absolute atomic E-state index is 12.9. The molecule has 31 heavy (non-hydrogen) atoms. The second kappa shape index (κ2) is 9.26. The summed E-state index contributed by atoms with van der Waals surface area (Å²) in [7, 11) is 1.56. The molecule has 162 valence electrons. The first-order valence-electron chi connectivity index (χ1n) is 10.0. The monoisotopic (exact) mass is 460 g/mol. The number of aromatic nitrogens is 2. The molecule has 2 N–H and O–H groups in total. The first kappa shape index (κ1) is 21.6. The highest BCUT2D eigenvalue weighted by molar-refractivity contribution is 6.34. The van der Waals surface area contributed by atoms with E-state index in [0.717, 1.165) is 23.9 Å². The Kier molecular flexibility index (Phi) is 6.46. The zero-order valence-corrected chi connectivity index (χ0v) is 18.5. The van der Waals surface area contributed by atoms with Crippen LogP contribution in [-0.4, -0.2) is 42.0 Å². The number of ether oxygens (including phenoxy) is 1. The molecule has 1 atom stereocenters. The van der Waals surface area contributed by atoms with Gasteiger partial charge < -0.3 is 19.9 Å². The number of halogens is 2. The number of carbonyl (C=O) groups is 2. The first-order valence-corrected chi connectivity index (χ1v) is 10.8. The van der Waals surface area contributed by atoms with E-state index < -0.39 is 6.04 Å². The minimum Gasteiger partial charge on any atom is -0.382 e. The van der Waals surface area contributed by atoms with Crippen molar-refractivity contribution in [2.75, 3.05) is 25.2 Å². The third-order valence-corrected chi connectivity index (χ3v) is 5.79. The average Bonchev–Trinajstić information content (AvgIpc) is 3.17. The molecule has 1 fully saturated rings. The topological polar surface area (TPSA) is 87.3 Å². The highest BCUT2D eigenvalue weighted by atomic mass is 35.5. The number of piperidine rings is 1. The van der Waals surface area contributed by atoms with Gasteiger partial charge in [0.15, 0.2) is 0 Å². The van der Waals surface area contributed by atoms with Crippen LogP contribution in [0.5, 0.6) is 0 Å². The molecule has 2 heterocycles. The molecule has 0 aliphatic carbocycles. The Balaban J connectivity index is 1.54. The number of aromatic amines is 1. The van der Waals surface area contributed by atoms with Gasteiger partial charge in [-0.05, 0) is 49.2 Å². The van der Waals surface area contributed by atoms with Gasteiger partial charge in [-0.15, -0.1) is 0 Å². The Bertz CT molecular complexity index is 1130. The second-order valence-electron chi connectivity index (χ2n) is 7.43. The number of imidazole rings is 1. The molecule has 0 saturated carbocycles. The molecule has 0 spiro atoms. The van der Waals surface area contributed by atoms with Crippen molar-refractivity contribution in [2.24, 2.45) is 0 Å². The number of hydrogen-bond acceptors (Lipinski definition) is 4. The number of anilines is 1. The summed E-state index contributed by atoms with van der Waals surface area (Å²) in [4.78, 5) is 34.5. The van der Waals surface area contributed by atoms with Crippen molar-refractivity contribution in [3.05, 3.63) is 57.8 Å². The Morgan fingerprint density at radius 1 is 1.26 bits per heavy atom. The summed E-state index contributed by atoms with van der Waals surface area (Å²) in [5, 5.41) is 3.89. The van der Waals surface area contributed by atoms with E-state index in [2.05, 4.69) is 15.3 Å². The lowest BCUT2D eigenvalue weighted by Gasteiger charge is -2.27. The summed E-state index contributed by atoms with van der Waals surface area (Å²) < 4.78 is 5.28. The third-order valence-electron chi connectivity index (χ3n) is 5.26. The predicted octanol–water partition coefficient (Wildman–Crippen LogP) is 4.50. The largest absolute Gasteiger partial charge is 0.382 e. The van der Waals surface area contributed by atoms with E-state index in [-0.39, 0.29) is 18.4 Å². The van der Waals surface area contributed by atoms with Gasteiger partial charge in [-0.3, -0.25) is 9.59 Å². The van der Waals surface area contributed by atoms with Crippen molar-refractivity contribution in [3.8, 4) is 0 Å². The van der Waals surface area contributed by atoms with E-state index in [1.54, 1.807) is 42.3 Å². The summed E-state index contributed by atoms with van der Waals surface area (Å²) >= 11 is 12.5. The maximum Gasteiger partial charge on any atom is 0.252 e. The van der Waals surface area contributed by atoms with Crippen molar-refractivity contribution >= 4 is 51.7 Å². The number of methoxy groups -OCH3 is 1. The van der Waals surface area contributed by atoms with Gasteiger partial charge in [-0.1, -0.05) is 23.2 Å². The van der Waals surface area contributed by atoms with Crippen LogP contribution < -0.4 is 10.2 Å². The Hall–Kier alpha value is -2.61. The maximum atomic E-state index is 12.9. The van der Waals surface area contributed by atoms with Gasteiger partial charge in [0.05, 0.1) is 28.4 Å². The Labute approximate surface area is 189 Å². The van der Waals surface area contributed by atoms with Crippen molar-refractivity contribution < 1.29 is 14.3 Å². The van der Waals surface area contributed by atoms with Crippen LogP contribution >= 0.6 is 23.2 Å². The lowest BCUT2D eigenvalue weighted by molar-refractivity contribution is -0.119. The minimum atomic E-state index is -0.495. The predicted molar refractivity (Wildman–Crippen MR) is 121 cm³/mol. The molecule has 1 aromatic heterocycles. The van der Waals surface area contributed by atoms with Crippen molar-refractivity contribution in [1.29, 1.82) is 0 Å². The molecule has 2 amide bonds. The fourth-order valence-corrected chi connectivity index (χ4v) is 4.15. The summed E-state index contributed by atoms with van der Waals surface area (Å²) in [6.07, 6.45) is 2.34. The van der Waals surface area contributed by atoms with E-state index in [0.29, 0.717) is 40.1 Å². The molecular weight excluding hydrogens is 439 g/mol. The van der Waals surface area contributed by atoms with Gasteiger partial charge in [0.2, 0.25) is 5.91 Å². The smallest absolute Gasteiger partial charge is 0.252 e. The summed E-state index contributed by atoms with van der Waals surface area (Å²) in [5.41, 5.74) is 2.54. The van der Waals surface area contributed by atoms with Crippen LogP contribution in [0.15, 0.2) is 36.4 Å². The van der Waals surface area contributed by atoms with E-state index in [1.807, 2.05) is 6.07 Å². The molecule has 4 rings (SSSR count). The minimum absolute atomic E-state index is 0.0514. The lowest BCUT2D eigenvalue weighted by atomic mass is 10.1. The zero-order chi connectivity index (χ0) is 22.0. The fourth-order valence-electron chi connectivity index (χ4n) is 3.69.